The monoisotopic (exact) mass is 290 g/mol. The number of rotatable bonds is 5. The number of nitrogens with zero attached hydrogens (tertiary/aromatic N) is 1. The molecule has 2 nitrogen and oxygen atoms in total. The third-order valence-corrected chi connectivity index (χ3v) is 5.75. The van der Waals surface area contributed by atoms with E-state index in [0.717, 1.165) is 11.3 Å². The highest BCUT2D eigenvalue weighted by Crippen LogP contribution is 2.37. The van der Waals surface area contributed by atoms with E-state index in [1.54, 1.807) is 5.56 Å². The standard InChI is InChI=1S/C17H26N2S/c1-2-10-19(15-7-5-9-18-12-15)13-16-11-14-6-3-4-8-17(14)20-16/h3-4,6,8,15-16,18H,2,5,7,9-13H2,1H3. The Morgan fingerprint density at radius 1 is 1.35 bits per heavy atom. The molecule has 0 aliphatic carbocycles. The maximum absolute atomic E-state index is 3.57. The van der Waals surface area contributed by atoms with Gasteiger partial charge in [0.05, 0.1) is 0 Å². The van der Waals surface area contributed by atoms with Gasteiger partial charge in [0.1, 0.15) is 0 Å². The van der Waals surface area contributed by atoms with E-state index in [2.05, 4.69) is 53.2 Å². The van der Waals surface area contributed by atoms with E-state index >= 15 is 0 Å². The zero-order chi connectivity index (χ0) is 13.8. The molecule has 2 heterocycles. The molecule has 3 rings (SSSR count). The molecule has 0 spiro atoms. The van der Waals surface area contributed by atoms with Crippen LogP contribution in [-0.4, -0.2) is 42.4 Å². The molecule has 1 N–H and O–H groups in total. The van der Waals surface area contributed by atoms with Crippen molar-refractivity contribution >= 4 is 11.8 Å². The molecule has 0 amide bonds. The highest BCUT2D eigenvalue weighted by molar-refractivity contribution is 8.00. The minimum Gasteiger partial charge on any atom is -0.315 e. The Hall–Kier alpha value is -0.510. The van der Waals surface area contributed by atoms with E-state index in [-0.39, 0.29) is 0 Å². The first kappa shape index (κ1) is 14.4. The summed E-state index contributed by atoms with van der Waals surface area (Å²) in [5, 5.41) is 4.32. The Labute approximate surface area is 127 Å². The number of hydrogen-bond acceptors (Lipinski definition) is 3. The van der Waals surface area contributed by atoms with Crippen molar-refractivity contribution in [1.82, 2.24) is 10.2 Å². The SMILES string of the molecule is CCCN(CC1Cc2ccccc2S1)C1CCCNC1. The fraction of sp³-hybridized carbons (Fsp3) is 0.647. The van der Waals surface area contributed by atoms with Gasteiger partial charge in [-0.25, -0.2) is 0 Å². The van der Waals surface area contributed by atoms with Crippen molar-refractivity contribution in [3.63, 3.8) is 0 Å². The highest BCUT2D eigenvalue weighted by atomic mass is 32.2. The van der Waals surface area contributed by atoms with Gasteiger partial charge in [0, 0.05) is 29.3 Å². The summed E-state index contributed by atoms with van der Waals surface area (Å²) in [5.41, 5.74) is 1.56. The van der Waals surface area contributed by atoms with Crippen LogP contribution < -0.4 is 5.32 Å². The summed E-state index contributed by atoms with van der Waals surface area (Å²) in [7, 11) is 0. The third kappa shape index (κ3) is 3.38. The van der Waals surface area contributed by atoms with Gasteiger partial charge in [-0.1, -0.05) is 25.1 Å². The normalized spacial score (nSPS) is 25.9. The second kappa shape index (κ2) is 6.97. The maximum Gasteiger partial charge on any atom is 0.0263 e. The lowest BCUT2D eigenvalue weighted by Crippen LogP contribution is -2.48. The molecule has 0 aromatic heterocycles. The van der Waals surface area contributed by atoms with Gasteiger partial charge in [0.2, 0.25) is 0 Å². The minimum atomic E-state index is 0.751. The van der Waals surface area contributed by atoms with Crippen LogP contribution in [0.3, 0.4) is 0 Å². The second-order valence-electron chi connectivity index (χ2n) is 6.05. The lowest BCUT2D eigenvalue weighted by molar-refractivity contribution is 0.166. The predicted octanol–water partition coefficient (Wildman–Crippen LogP) is 3.17. The fourth-order valence-electron chi connectivity index (χ4n) is 3.47. The molecule has 1 saturated heterocycles. The van der Waals surface area contributed by atoms with Gasteiger partial charge in [-0.15, -0.1) is 11.8 Å². The first-order chi connectivity index (χ1) is 9.86. The molecule has 0 radical (unpaired) electrons. The number of hydrogen-bond donors (Lipinski definition) is 1. The van der Waals surface area contributed by atoms with Crippen LogP contribution in [0.5, 0.6) is 0 Å². The Morgan fingerprint density at radius 3 is 3.00 bits per heavy atom. The van der Waals surface area contributed by atoms with Crippen LogP contribution in [0.15, 0.2) is 29.2 Å². The lowest BCUT2D eigenvalue weighted by atomic mass is 10.0. The summed E-state index contributed by atoms with van der Waals surface area (Å²) in [6.07, 6.45) is 5.22. The van der Waals surface area contributed by atoms with Gasteiger partial charge >= 0.3 is 0 Å². The van der Waals surface area contributed by atoms with Crippen LogP contribution in [0.2, 0.25) is 0 Å². The van der Waals surface area contributed by atoms with Crippen molar-refractivity contribution in [2.24, 2.45) is 0 Å². The van der Waals surface area contributed by atoms with E-state index in [1.807, 2.05) is 0 Å². The maximum atomic E-state index is 3.57. The lowest BCUT2D eigenvalue weighted by Gasteiger charge is -2.36. The minimum absolute atomic E-state index is 0.751. The van der Waals surface area contributed by atoms with Crippen LogP contribution in [0, 0.1) is 0 Å². The Balaban J connectivity index is 1.60. The first-order valence-corrected chi connectivity index (χ1v) is 8.94. The average Bonchev–Trinajstić information content (AvgIpc) is 2.90. The van der Waals surface area contributed by atoms with Crippen molar-refractivity contribution in [3.05, 3.63) is 29.8 Å². The summed E-state index contributed by atoms with van der Waals surface area (Å²) in [6, 6.07) is 9.69. The van der Waals surface area contributed by atoms with Crippen molar-refractivity contribution in [3.8, 4) is 0 Å². The second-order valence-corrected chi connectivity index (χ2v) is 7.39. The molecule has 110 valence electrons. The number of fused-ring (bicyclic) bond motifs is 1. The molecule has 2 aliphatic heterocycles. The van der Waals surface area contributed by atoms with Gasteiger partial charge in [0.25, 0.3) is 0 Å². The molecule has 0 bridgehead atoms. The predicted molar refractivity (Wildman–Crippen MR) is 87.5 cm³/mol. The van der Waals surface area contributed by atoms with Gasteiger partial charge < -0.3 is 5.32 Å². The molecular weight excluding hydrogens is 264 g/mol. The molecule has 3 heteroatoms. The first-order valence-electron chi connectivity index (χ1n) is 8.06. The molecule has 20 heavy (non-hydrogen) atoms. The van der Waals surface area contributed by atoms with E-state index in [0.29, 0.717) is 0 Å². The topological polar surface area (TPSA) is 15.3 Å². The molecule has 2 aliphatic rings. The molecule has 1 aromatic carbocycles. The molecular formula is C17H26N2S. The van der Waals surface area contributed by atoms with E-state index in [1.165, 1.54) is 56.8 Å². The molecule has 1 aromatic rings. The van der Waals surface area contributed by atoms with E-state index in [9.17, 15) is 0 Å². The van der Waals surface area contributed by atoms with Gasteiger partial charge in [-0.3, -0.25) is 4.90 Å². The van der Waals surface area contributed by atoms with Gasteiger partial charge in [-0.2, -0.15) is 0 Å². The summed E-state index contributed by atoms with van der Waals surface area (Å²) >= 11 is 2.09. The zero-order valence-corrected chi connectivity index (χ0v) is 13.3. The smallest absolute Gasteiger partial charge is 0.0263 e. The number of benzene rings is 1. The van der Waals surface area contributed by atoms with Crippen LogP contribution in [0.1, 0.15) is 31.7 Å². The van der Waals surface area contributed by atoms with Gasteiger partial charge in [-0.05, 0) is 50.4 Å². The van der Waals surface area contributed by atoms with Crippen LogP contribution in [0.4, 0.5) is 0 Å². The van der Waals surface area contributed by atoms with Crippen molar-refractivity contribution < 1.29 is 0 Å². The quantitative estimate of drug-likeness (QED) is 0.897. The third-order valence-electron chi connectivity index (χ3n) is 4.45. The van der Waals surface area contributed by atoms with Crippen LogP contribution in [-0.2, 0) is 6.42 Å². The Kier molecular flexibility index (Phi) is 5.03. The Bertz CT molecular complexity index is 404. The summed E-state index contributed by atoms with van der Waals surface area (Å²) in [5.74, 6) is 0. The Morgan fingerprint density at radius 2 is 2.25 bits per heavy atom. The van der Waals surface area contributed by atoms with Crippen LogP contribution >= 0.6 is 11.8 Å². The molecule has 2 atom stereocenters. The summed E-state index contributed by atoms with van der Waals surface area (Å²) < 4.78 is 0. The van der Waals surface area contributed by atoms with Crippen molar-refractivity contribution in [2.45, 2.75) is 48.8 Å². The number of nitrogens with one attached hydrogen (secondary N) is 1. The molecule has 2 unspecified atom stereocenters. The summed E-state index contributed by atoms with van der Waals surface area (Å²) in [4.78, 5) is 4.26. The van der Waals surface area contributed by atoms with Crippen molar-refractivity contribution in [2.75, 3.05) is 26.2 Å². The number of piperidine rings is 1. The average molecular weight is 290 g/mol. The van der Waals surface area contributed by atoms with Crippen LogP contribution in [0.25, 0.3) is 0 Å². The number of thioether (sulfide) groups is 1. The largest absolute Gasteiger partial charge is 0.315 e. The van der Waals surface area contributed by atoms with E-state index < -0.39 is 0 Å². The fourth-order valence-corrected chi connectivity index (χ4v) is 4.82. The summed E-state index contributed by atoms with van der Waals surface area (Å²) in [6.45, 7) is 7.20. The molecule has 0 saturated carbocycles. The van der Waals surface area contributed by atoms with E-state index in [4.69, 9.17) is 0 Å². The zero-order valence-electron chi connectivity index (χ0n) is 12.5. The molecule has 1 fully saturated rings. The van der Waals surface area contributed by atoms with Crippen molar-refractivity contribution in [1.29, 1.82) is 0 Å². The van der Waals surface area contributed by atoms with Gasteiger partial charge in [0.15, 0.2) is 0 Å². The highest BCUT2D eigenvalue weighted by Gasteiger charge is 2.27.